The highest BCUT2D eigenvalue weighted by molar-refractivity contribution is 7.17. The fourth-order valence-electron chi connectivity index (χ4n) is 2.83. The Bertz CT molecular complexity index is 768. The minimum absolute atomic E-state index is 0.135. The number of methoxy groups -OCH3 is 1. The van der Waals surface area contributed by atoms with Gasteiger partial charge in [0, 0.05) is 4.70 Å². The van der Waals surface area contributed by atoms with E-state index in [9.17, 15) is 0 Å². The second-order valence-corrected chi connectivity index (χ2v) is 6.59. The van der Waals surface area contributed by atoms with Crippen LogP contribution >= 0.6 is 22.9 Å². The van der Waals surface area contributed by atoms with E-state index in [4.69, 9.17) is 16.3 Å². The topological polar surface area (TPSA) is 9.23 Å². The maximum Gasteiger partial charge on any atom is 0.124 e. The van der Waals surface area contributed by atoms with E-state index in [0.29, 0.717) is 0 Å². The van der Waals surface area contributed by atoms with E-state index in [0.717, 1.165) is 22.4 Å². The predicted octanol–water partition coefficient (Wildman–Crippen LogP) is 5.85. The lowest BCUT2D eigenvalue weighted by molar-refractivity contribution is 0.408. The standard InChI is InChI=1S/C18H17ClOS/c1-11-8-13(9-12(2)18(11)20-3)17(19)15-10-21-16-7-5-4-6-14(15)16/h4-10,17H,1-3H3. The number of halogens is 1. The third-order valence-electron chi connectivity index (χ3n) is 3.76. The highest BCUT2D eigenvalue weighted by Gasteiger charge is 2.17. The molecule has 0 fully saturated rings. The largest absolute Gasteiger partial charge is 0.496 e. The summed E-state index contributed by atoms with van der Waals surface area (Å²) >= 11 is 8.50. The third kappa shape index (κ3) is 2.54. The molecule has 21 heavy (non-hydrogen) atoms. The zero-order valence-electron chi connectivity index (χ0n) is 12.3. The van der Waals surface area contributed by atoms with Crippen molar-refractivity contribution in [2.24, 2.45) is 0 Å². The van der Waals surface area contributed by atoms with Gasteiger partial charge in [-0.15, -0.1) is 22.9 Å². The number of alkyl halides is 1. The maximum absolute atomic E-state index is 6.76. The molecule has 0 saturated heterocycles. The van der Waals surface area contributed by atoms with Gasteiger partial charge < -0.3 is 4.74 Å². The van der Waals surface area contributed by atoms with Crippen molar-refractivity contribution < 1.29 is 4.74 Å². The Morgan fingerprint density at radius 3 is 2.43 bits per heavy atom. The normalized spacial score (nSPS) is 12.6. The second-order valence-electron chi connectivity index (χ2n) is 5.24. The van der Waals surface area contributed by atoms with Crippen molar-refractivity contribution in [2.45, 2.75) is 19.2 Å². The van der Waals surface area contributed by atoms with E-state index in [2.05, 4.69) is 55.6 Å². The molecule has 1 nitrogen and oxygen atoms in total. The summed E-state index contributed by atoms with van der Waals surface area (Å²) in [6.07, 6.45) is 0. The zero-order valence-corrected chi connectivity index (χ0v) is 13.9. The van der Waals surface area contributed by atoms with Crippen molar-refractivity contribution in [2.75, 3.05) is 7.11 Å². The first kappa shape index (κ1) is 14.4. The highest BCUT2D eigenvalue weighted by atomic mass is 35.5. The molecule has 0 amide bonds. The maximum atomic E-state index is 6.76. The molecule has 2 aromatic carbocycles. The van der Waals surface area contributed by atoms with Crippen LogP contribution in [0.5, 0.6) is 5.75 Å². The van der Waals surface area contributed by atoms with E-state index >= 15 is 0 Å². The molecule has 3 aromatic rings. The van der Waals surface area contributed by atoms with Crippen LogP contribution in [0.3, 0.4) is 0 Å². The molecule has 1 atom stereocenters. The molecule has 3 heteroatoms. The Balaban J connectivity index is 2.08. The van der Waals surface area contributed by atoms with Gasteiger partial charge in [-0.1, -0.05) is 30.3 Å². The Labute approximate surface area is 134 Å². The summed E-state index contributed by atoms with van der Waals surface area (Å²) in [5, 5.41) is 3.27. The summed E-state index contributed by atoms with van der Waals surface area (Å²) < 4.78 is 6.71. The van der Waals surface area contributed by atoms with Gasteiger partial charge in [-0.05, 0) is 52.9 Å². The Hall–Kier alpha value is -1.51. The van der Waals surface area contributed by atoms with E-state index in [-0.39, 0.29) is 5.38 Å². The molecule has 3 rings (SSSR count). The number of ether oxygens (including phenoxy) is 1. The average molecular weight is 317 g/mol. The van der Waals surface area contributed by atoms with Crippen LogP contribution in [-0.4, -0.2) is 7.11 Å². The molecule has 1 heterocycles. The molecule has 0 saturated carbocycles. The lowest BCUT2D eigenvalue weighted by Crippen LogP contribution is -1.97. The van der Waals surface area contributed by atoms with E-state index in [1.165, 1.54) is 15.6 Å². The number of rotatable bonds is 3. The Morgan fingerprint density at radius 1 is 1.10 bits per heavy atom. The van der Waals surface area contributed by atoms with Gasteiger partial charge in [0.1, 0.15) is 5.75 Å². The van der Waals surface area contributed by atoms with Crippen molar-refractivity contribution >= 4 is 33.0 Å². The van der Waals surface area contributed by atoms with Crippen molar-refractivity contribution in [3.8, 4) is 5.75 Å². The van der Waals surface area contributed by atoms with Crippen molar-refractivity contribution in [1.82, 2.24) is 0 Å². The Morgan fingerprint density at radius 2 is 1.76 bits per heavy atom. The molecular weight excluding hydrogens is 300 g/mol. The summed E-state index contributed by atoms with van der Waals surface area (Å²) in [7, 11) is 1.71. The first-order valence-corrected chi connectivity index (χ1v) is 8.18. The zero-order chi connectivity index (χ0) is 15.0. The van der Waals surface area contributed by atoms with Gasteiger partial charge in [0.2, 0.25) is 0 Å². The van der Waals surface area contributed by atoms with E-state index < -0.39 is 0 Å². The van der Waals surface area contributed by atoms with Crippen molar-refractivity contribution in [3.63, 3.8) is 0 Å². The first-order chi connectivity index (χ1) is 10.1. The molecule has 0 aliphatic heterocycles. The summed E-state index contributed by atoms with van der Waals surface area (Å²) in [6, 6.07) is 12.6. The van der Waals surface area contributed by atoms with Crippen LogP contribution in [0.2, 0.25) is 0 Å². The van der Waals surface area contributed by atoms with Gasteiger partial charge in [0.05, 0.1) is 12.5 Å². The molecule has 0 aliphatic rings. The minimum atomic E-state index is -0.135. The van der Waals surface area contributed by atoms with Crippen LogP contribution in [0.25, 0.3) is 10.1 Å². The summed E-state index contributed by atoms with van der Waals surface area (Å²) in [6.45, 7) is 4.12. The number of aryl methyl sites for hydroxylation is 2. The summed E-state index contributed by atoms with van der Waals surface area (Å²) in [5.41, 5.74) is 4.55. The molecule has 0 radical (unpaired) electrons. The predicted molar refractivity (Wildman–Crippen MR) is 92.0 cm³/mol. The SMILES string of the molecule is COc1c(C)cc(C(Cl)c2csc3ccccc23)cc1C. The van der Waals surface area contributed by atoms with Crippen LogP contribution in [-0.2, 0) is 0 Å². The highest BCUT2D eigenvalue weighted by Crippen LogP contribution is 2.39. The lowest BCUT2D eigenvalue weighted by atomic mass is 9.99. The van der Waals surface area contributed by atoms with Crippen molar-refractivity contribution in [3.05, 3.63) is 64.0 Å². The average Bonchev–Trinajstić information content (AvgIpc) is 2.90. The fourth-order valence-corrected chi connectivity index (χ4v) is 4.19. The van der Waals surface area contributed by atoms with Gasteiger partial charge in [0.15, 0.2) is 0 Å². The number of fused-ring (bicyclic) bond motifs is 1. The van der Waals surface area contributed by atoms with Crippen LogP contribution in [0.4, 0.5) is 0 Å². The lowest BCUT2D eigenvalue weighted by Gasteiger charge is -2.15. The molecule has 0 N–H and O–H groups in total. The number of benzene rings is 2. The van der Waals surface area contributed by atoms with Crippen LogP contribution in [0.15, 0.2) is 41.8 Å². The van der Waals surface area contributed by atoms with E-state index in [1.807, 2.05) is 0 Å². The second kappa shape index (κ2) is 5.70. The fraction of sp³-hybridized carbons (Fsp3) is 0.222. The van der Waals surface area contributed by atoms with Crippen LogP contribution in [0.1, 0.15) is 27.6 Å². The monoisotopic (exact) mass is 316 g/mol. The minimum Gasteiger partial charge on any atom is -0.496 e. The molecule has 0 spiro atoms. The summed E-state index contributed by atoms with van der Waals surface area (Å²) in [5.74, 6) is 0.942. The van der Waals surface area contributed by atoms with Gasteiger partial charge in [-0.3, -0.25) is 0 Å². The van der Waals surface area contributed by atoms with Crippen LogP contribution in [0, 0.1) is 13.8 Å². The molecular formula is C18H17ClOS. The van der Waals surface area contributed by atoms with Crippen LogP contribution < -0.4 is 4.74 Å². The molecule has 0 bridgehead atoms. The first-order valence-electron chi connectivity index (χ1n) is 6.87. The van der Waals surface area contributed by atoms with Crippen molar-refractivity contribution in [1.29, 1.82) is 0 Å². The molecule has 0 aliphatic carbocycles. The number of hydrogen-bond donors (Lipinski definition) is 0. The third-order valence-corrected chi connectivity index (χ3v) is 5.23. The Kier molecular flexibility index (Phi) is 3.92. The van der Waals surface area contributed by atoms with Gasteiger partial charge in [0.25, 0.3) is 0 Å². The van der Waals surface area contributed by atoms with Gasteiger partial charge in [-0.25, -0.2) is 0 Å². The number of thiophene rings is 1. The quantitative estimate of drug-likeness (QED) is 0.550. The molecule has 108 valence electrons. The molecule has 1 aromatic heterocycles. The van der Waals surface area contributed by atoms with E-state index in [1.54, 1.807) is 18.4 Å². The smallest absolute Gasteiger partial charge is 0.124 e. The van der Waals surface area contributed by atoms with Gasteiger partial charge >= 0.3 is 0 Å². The van der Waals surface area contributed by atoms with Gasteiger partial charge in [-0.2, -0.15) is 0 Å². The number of hydrogen-bond acceptors (Lipinski definition) is 2. The summed E-state index contributed by atoms with van der Waals surface area (Å²) in [4.78, 5) is 0. The molecule has 1 unspecified atom stereocenters.